The summed E-state index contributed by atoms with van der Waals surface area (Å²) in [7, 11) is 0. The van der Waals surface area contributed by atoms with Crippen LogP contribution in [-0.2, 0) is 21.7 Å². The fraction of sp³-hybridized carbons (Fsp3) is 0.356. The van der Waals surface area contributed by atoms with Crippen LogP contribution in [0.2, 0.25) is 0 Å². The molecule has 0 saturated heterocycles. The Bertz CT molecular complexity index is 2030. The second kappa shape index (κ2) is 10.1. The summed E-state index contributed by atoms with van der Waals surface area (Å²) in [6.07, 6.45) is 6.39. The van der Waals surface area contributed by atoms with E-state index in [1.54, 1.807) is 0 Å². The van der Waals surface area contributed by atoms with Gasteiger partial charge in [0.15, 0.2) is 0 Å². The smallest absolute Gasteiger partial charge is 0.262 e. The van der Waals surface area contributed by atoms with Crippen molar-refractivity contribution in [1.82, 2.24) is 4.98 Å². The van der Waals surface area contributed by atoms with Crippen molar-refractivity contribution in [1.29, 1.82) is 0 Å². The first-order chi connectivity index (χ1) is 23.3. The van der Waals surface area contributed by atoms with Gasteiger partial charge in [-0.05, 0) is 97.7 Å². The van der Waals surface area contributed by atoms with E-state index in [-0.39, 0.29) is 28.4 Å². The Kier molecular flexibility index (Phi) is 6.35. The molecule has 0 fully saturated rings. The van der Waals surface area contributed by atoms with Gasteiger partial charge in [-0.3, -0.25) is 0 Å². The quantitative estimate of drug-likeness (QED) is 0.176. The van der Waals surface area contributed by atoms with E-state index in [2.05, 4.69) is 128 Å². The Balaban J connectivity index is 1.44. The molecule has 5 aromatic rings. The number of aromatic nitrogens is 1. The first-order valence-electron chi connectivity index (χ1n) is 18.2. The summed E-state index contributed by atoms with van der Waals surface area (Å²) in [5.41, 5.74) is 14.1. The summed E-state index contributed by atoms with van der Waals surface area (Å²) in [5, 5.41) is 0. The highest BCUT2D eigenvalue weighted by Gasteiger charge is 2.49. The molecule has 4 aliphatic rings. The van der Waals surface area contributed by atoms with Gasteiger partial charge in [0.05, 0.1) is 0 Å². The molecule has 1 aromatic heterocycles. The van der Waals surface area contributed by atoms with Crippen LogP contribution in [0.5, 0.6) is 23.1 Å². The van der Waals surface area contributed by atoms with Gasteiger partial charge >= 0.3 is 0 Å². The normalized spacial score (nSPS) is 19.6. The first kappa shape index (κ1) is 30.7. The SMILES string of the molecule is CC1(C)CCC(C)(C)c2c1cc1c(c2-c2ccccc2)Oc2ccnc3c2B1c1cc2c(c(-c4ccccc4)c1O3)C(C)(C)CCC2(C)C. The van der Waals surface area contributed by atoms with Crippen molar-refractivity contribution in [3.8, 4) is 45.4 Å². The van der Waals surface area contributed by atoms with E-state index in [0.717, 1.165) is 48.4 Å². The predicted molar refractivity (Wildman–Crippen MR) is 203 cm³/mol. The van der Waals surface area contributed by atoms with Crippen LogP contribution in [0.25, 0.3) is 22.3 Å². The van der Waals surface area contributed by atoms with Gasteiger partial charge < -0.3 is 9.47 Å². The molecule has 3 nitrogen and oxygen atoms in total. The van der Waals surface area contributed by atoms with Crippen LogP contribution in [0.4, 0.5) is 0 Å². The molecular formula is C45H46BNO2. The molecule has 2 aliphatic carbocycles. The van der Waals surface area contributed by atoms with Crippen molar-refractivity contribution in [2.75, 3.05) is 0 Å². The van der Waals surface area contributed by atoms with E-state index in [9.17, 15) is 0 Å². The molecule has 246 valence electrons. The topological polar surface area (TPSA) is 31.4 Å². The molecule has 4 aromatic carbocycles. The number of ether oxygens (including phenoxy) is 2. The molecule has 9 rings (SSSR count). The molecule has 0 spiro atoms. The van der Waals surface area contributed by atoms with E-state index >= 15 is 0 Å². The lowest BCUT2D eigenvalue weighted by Gasteiger charge is -2.46. The fourth-order valence-corrected chi connectivity index (χ4v) is 9.58. The third kappa shape index (κ3) is 4.38. The molecule has 0 N–H and O–H groups in total. The second-order valence-corrected chi connectivity index (χ2v) is 17.6. The highest BCUT2D eigenvalue weighted by atomic mass is 16.5. The fourth-order valence-electron chi connectivity index (χ4n) is 9.58. The lowest BCUT2D eigenvalue weighted by atomic mass is 9.34. The van der Waals surface area contributed by atoms with E-state index in [4.69, 9.17) is 14.5 Å². The molecule has 0 saturated carbocycles. The van der Waals surface area contributed by atoms with Crippen LogP contribution in [0.15, 0.2) is 85.1 Å². The summed E-state index contributed by atoms with van der Waals surface area (Å²) >= 11 is 0. The molecular weight excluding hydrogens is 597 g/mol. The van der Waals surface area contributed by atoms with Gasteiger partial charge in [0.1, 0.15) is 17.2 Å². The number of hydrogen-bond acceptors (Lipinski definition) is 3. The molecule has 0 amide bonds. The Morgan fingerprint density at radius 1 is 0.551 bits per heavy atom. The number of hydrogen-bond donors (Lipinski definition) is 0. The Labute approximate surface area is 292 Å². The Morgan fingerprint density at radius 3 is 1.49 bits per heavy atom. The lowest BCUT2D eigenvalue weighted by molar-refractivity contribution is 0.331. The summed E-state index contributed by atoms with van der Waals surface area (Å²) < 4.78 is 14.2. The molecule has 3 heterocycles. The van der Waals surface area contributed by atoms with Crippen molar-refractivity contribution in [2.45, 2.75) is 103 Å². The van der Waals surface area contributed by atoms with Gasteiger partial charge in [0.25, 0.3) is 6.71 Å². The van der Waals surface area contributed by atoms with Crippen LogP contribution in [-0.4, -0.2) is 11.7 Å². The van der Waals surface area contributed by atoms with Crippen molar-refractivity contribution in [3.63, 3.8) is 0 Å². The van der Waals surface area contributed by atoms with E-state index in [0.29, 0.717) is 5.88 Å². The number of rotatable bonds is 2. The van der Waals surface area contributed by atoms with Crippen LogP contribution in [0.1, 0.15) is 103 Å². The zero-order valence-corrected chi connectivity index (χ0v) is 30.3. The standard InChI is InChI=1S/C45H46BNO2/c1-42(2)20-22-44(5,6)36-29(42)25-31-39(34(36)27-15-11-9-12-16-27)48-33-19-24-47-41-38(33)46(31)32-26-30-37(45(7,8)23-21-43(30,3)4)35(40(32)49-41)28-17-13-10-14-18-28/h9-19,24-26H,20-23H2,1-8H3. The minimum Gasteiger partial charge on any atom is -0.458 e. The maximum atomic E-state index is 7.13. The summed E-state index contributed by atoms with van der Waals surface area (Å²) in [5.74, 6) is 3.43. The zero-order valence-electron chi connectivity index (χ0n) is 30.3. The van der Waals surface area contributed by atoms with E-state index in [1.807, 2.05) is 12.3 Å². The maximum absolute atomic E-state index is 7.13. The molecule has 2 aliphatic heterocycles. The first-order valence-corrected chi connectivity index (χ1v) is 18.2. The highest BCUT2D eigenvalue weighted by Crippen LogP contribution is 2.55. The van der Waals surface area contributed by atoms with Crippen LogP contribution < -0.4 is 25.9 Å². The number of pyridine rings is 1. The molecule has 49 heavy (non-hydrogen) atoms. The summed E-state index contributed by atoms with van der Waals surface area (Å²) in [6.45, 7) is 19.3. The van der Waals surface area contributed by atoms with E-state index < -0.39 is 0 Å². The molecule has 0 radical (unpaired) electrons. The zero-order chi connectivity index (χ0) is 34.1. The third-order valence-electron chi connectivity index (χ3n) is 12.5. The minimum absolute atomic E-state index is 0.000834. The number of nitrogens with zero attached hydrogens (tertiary/aromatic N) is 1. The largest absolute Gasteiger partial charge is 0.458 e. The van der Waals surface area contributed by atoms with Gasteiger partial charge in [0.2, 0.25) is 5.88 Å². The lowest BCUT2D eigenvalue weighted by Crippen LogP contribution is -2.59. The van der Waals surface area contributed by atoms with Gasteiger partial charge in [0, 0.05) is 22.8 Å². The molecule has 0 unspecified atom stereocenters. The molecule has 4 heteroatoms. The van der Waals surface area contributed by atoms with Gasteiger partial charge in [-0.2, -0.15) is 0 Å². The van der Waals surface area contributed by atoms with Crippen molar-refractivity contribution in [2.24, 2.45) is 0 Å². The molecule has 0 bridgehead atoms. The van der Waals surface area contributed by atoms with E-state index in [1.165, 1.54) is 55.4 Å². The average molecular weight is 644 g/mol. The van der Waals surface area contributed by atoms with Crippen LogP contribution in [0, 0.1) is 0 Å². The number of fused-ring (bicyclic) bond motifs is 6. The monoisotopic (exact) mass is 643 g/mol. The summed E-state index contributed by atoms with van der Waals surface area (Å²) in [6, 6.07) is 29.0. The van der Waals surface area contributed by atoms with Gasteiger partial charge in [-0.1, -0.05) is 128 Å². The van der Waals surface area contributed by atoms with Crippen molar-refractivity contribution < 1.29 is 9.47 Å². The van der Waals surface area contributed by atoms with Crippen LogP contribution in [0.3, 0.4) is 0 Å². The number of benzene rings is 4. The molecule has 0 atom stereocenters. The predicted octanol–water partition coefficient (Wildman–Crippen LogP) is 9.84. The average Bonchev–Trinajstić information content (AvgIpc) is 3.08. The Hall–Kier alpha value is -4.31. The second-order valence-electron chi connectivity index (χ2n) is 17.6. The maximum Gasteiger partial charge on any atom is 0.262 e. The van der Waals surface area contributed by atoms with Gasteiger partial charge in [-0.25, -0.2) is 4.98 Å². The Morgan fingerprint density at radius 2 is 1.00 bits per heavy atom. The van der Waals surface area contributed by atoms with Gasteiger partial charge in [-0.15, -0.1) is 0 Å². The third-order valence-corrected chi connectivity index (χ3v) is 12.5. The van der Waals surface area contributed by atoms with Crippen LogP contribution >= 0.6 is 0 Å². The minimum atomic E-state index is -0.0756. The highest BCUT2D eigenvalue weighted by molar-refractivity contribution is 6.98. The van der Waals surface area contributed by atoms with Crippen molar-refractivity contribution >= 4 is 23.1 Å². The summed E-state index contributed by atoms with van der Waals surface area (Å²) in [4.78, 5) is 4.91. The van der Waals surface area contributed by atoms with Crippen molar-refractivity contribution in [3.05, 3.63) is 107 Å².